The van der Waals surface area contributed by atoms with Gasteiger partial charge in [0.1, 0.15) is 0 Å². The molecule has 1 nitrogen and oxygen atoms in total. The molecule has 0 rings (SSSR count). The smallest absolute Gasteiger partial charge is 0.0240 e. The first-order valence-electron chi connectivity index (χ1n) is 5.16. The van der Waals surface area contributed by atoms with Crippen molar-refractivity contribution >= 4 is 0 Å². The van der Waals surface area contributed by atoms with Crippen molar-refractivity contribution in [1.82, 2.24) is 5.32 Å². The summed E-state index contributed by atoms with van der Waals surface area (Å²) in [5.74, 6) is 2.70. The zero-order chi connectivity index (χ0) is 10.3. The van der Waals surface area contributed by atoms with Crippen molar-refractivity contribution in [3.05, 3.63) is 0 Å². The molecule has 0 aromatic rings. The Morgan fingerprint density at radius 1 is 1.38 bits per heavy atom. The summed E-state index contributed by atoms with van der Waals surface area (Å²) in [6.45, 7) is 10.0. The molecular weight excluding hydrogens is 158 g/mol. The number of hydrogen-bond acceptors (Lipinski definition) is 1. The van der Waals surface area contributed by atoms with Crippen LogP contribution in [0, 0.1) is 17.8 Å². The Morgan fingerprint density at radius 3 is 2.38 bits per heavy atom. The van der Waals surface area contributed by atoms with E-state index in [4.69, 9.17) is 6.42 Å². The summed E-state index contributed by atoms with van der Waals surface area (Å²) in [7, 11) is 0. The van der Waals surface area contributed by atoms with Crippen LogP contribution in [0.4, 0.5) is 0 Å². The molecule has 0 aliphatic heterocycles. The van der Waals surface area contributed by atoms with Gasteiger partial charge in [-0.1, -0.05) is 27.7 Å². The van der Waals surface area contributed by atoms with Gasteiger partial charge in [0.15, 0.2) is 0 Å². The van der Waals surface area contributed by atoms with E-state index >= 15 is 0 Å². The molecule has 0 aromatic carbocycles. The van der Waals surface area contributed by atoms with Gasteiger partial charge >= 0.3 is 0 Å². The second-order valence-electron chi connectivity index (χ2n) is 4.78. The lowest BCUT2D eigenvalue weighted by molar-refractivity contribution is 0.352. The molecule has 0 saturated carbocycles. The second kappa shape index (κ2) is 6.05. The average molecular weight is 181 g/mol. The van der Waals surface area contributed by atoms with Crippen molar-refractivity contribution in [2.24, 2.45) is 5.41 Å². The van der Waals surface area contributed by atoms with Crippen molar-refractivity contribution in [2.45, 2.75) is 53.0 Å². The van der Waals surface area contributed by atoms with Crippen LogP contribution in [0.25, 0.3) is 0 Å². The molecule has 0 amide bonds. The molecule has 76 valence electrons. The van der Waals surface area contributed by atoms with Gasteiger partial charge in [-0.25, -0.2) is 0 Å². The predicted octanol–water partition coefficient (Wildman–Crippen LogP) is 2.81. The topological polar surface area (TPSA) is 12.0 Å². The summed E-state index contributed by atoms with van der Waals surface area (Å²) >= 11 is 0. The summed E-state index contributed by atoms with van der Waals surface area (Å²) < 4.78 is 0. The molecule has 13 heavy (non-hydrogen) atoms. The molecule has 0 fully saturated rings. The Labute approximate surface area is 83.3 Å². The van der Waals surface area contributed by atoms with Gasteiger partial charge in [0.25, 0.3) is 0 Å². The van der Waals surface area contributed by atoms with Crippen molar-refractivity contribution in [3.63, 3.8) is 0 Å². The van der Waals surface area contributed by atoms with Crippen molar-refractivity contribution < 1.29 is 0 Å². The maximum Gasteiger partial charge on any atom is 0.0240 e. The minimum atomic E-state index is 0.418. The highest BCUT2D eigenvalue weighted by atomic mass is 14.9. The Morgan fingerprint density at radius 2 is 2.00 bits per heavy atom. The lowest BCUT2D eigenvalue weighted by atomic mass is 9.92. The Hall–Kier alpha value is -0.480. The van der Waals surface area contributed by atoms with Crippen LogP contribution in [0.5, 0.6) is 0 Å². The molecule has 0 aliphatic rings. The lowest BCUT2D eigenvalue weighted by Gasteiger charge is -2.21. The zero-order valence-electron chi connectivity index (χ0n) is 9.48. The zero-order valence-corrected chi connectivity index (χ0v) is 9.48. The molecule has 0 aliphatic carbocycles. The molecule has 0 saturated heterocycles. The quantitative estimate of drug-likeness (QED) is 0.643. The van der Waals surface area contributed by atoms with Crippen LogP contribution in [0.3, 0.4) is 0 Å². The monoisotopic (exact) mass is 181 g/mol. The third kappa shape index (κ3) is 7.87. The van der Waals surface area contributed by atoms with Crippen LogP contribution >= 0.6 is 0 Å². The van der Waals surface area contributed by atoms with Gasteiger partial charge in [-0.05, 0) is 24.8 Å². The number of nitrogens with one attached hydrogen (secondary N) is 1. The van der Waals surface area contributed by atoms with Gasteiger partial charge in [-0.2, -0.15) is 0 Å². The maximum atomic E-state index is 5.27. The fourth-order valence-electron chi connectivity index (χ4n) is 1.15. The Balaban J connectivity index is 3.56. The van der Waals surface area contributed by atoms with Crippen LogP contribution in [-0.4, -0.2) is 12.6 Å². The normalized spacial score (nSPS) is 13.8. The Kier molecular flexibility index (Phi) is 5.82. The second-order valence-corrected chi connectivity index (χ2v) is 4.78. The third-order valence-electron chi connectivity index (χ3n) is 2.17. The van der Waals surface area contributed by atoms with Gasteiger partial charge in [-0.3, -0.25) is 0 Å². The van der Waals surface area contributed by atoms with E-state index in [-0.39, 0.29) is 0 Å². The fraction of sp³-hybridized carbons (Fsp3) is 0.833. The van der Waals surface area contributed by atoms with Gasteiger partial charge < -0.3 is 5.32 Å². The van der Waals surface area contributed by atoms with Crippen LogP contribution in [0.15, 0.2) is 0 Å². The van der Waals surface area contributed by atoms with Crippen molar-refractivity contribution in [1.29, 1.82) is 0 Å². The lowest BCUT2D eigenvalue weighted by Crippen LogP contribution is -2.30. The van der Waals surface area contributed by atoms with Gasteiger partial charge in [-0.15, -0.1) is 12.3 Å². The van der Waals surface area contributed by atoms with Gasteiger partial charge in [0, 0.05) is 12.5 Å². The number of rotatable bonds is 5. The highest BCUT2D eigenvalue weighted by Gasteiger charge is 2.10. The molecule has 1 N–H and O–H groups in total. The van der Waals surface area contributed by atoms with Gasteiger partial charge in [0.2, 0.25) is 0 Å². The summed E-state index contributed by atoms with van der Waals surface area (Å²) in [4.78, 5) is 0. The standard InChI is InChI=1S/C12H23N/c1-6-8-11(7-2)13-10-9-12(3,4)5/h1,11,13H,7-10H2,2-5H3. The van der Waals surface area contributed by atoms with E-state index in [1.807, 2.05) is 0 Å². The molecular formula is C12H23N. The first kappa shape index (κ1) is 12.5. The van der Waals surface area contributed by atoms with E-state index in [0.717, 1.165) is 19.4 Å². The number of terminal acetylenes is 1. The molecule has 0 heterocycles. The van der Waals surface area contributed by atoms with Crippen LogP contribution in [0.2, 0.25) is 0 Å². The first-order chi connectivity index (χ1) is 5.99. The highest BCUT2D eigenvalue weighted by molar-refractivity contribution is 4.89. The molecule has 0 bridgehead atoms. The van der Waals surface area contributed by atoms with E-state index < -0.39 is 0 Å². The summed E-state index contributed by atoms with van der Waals surface area (Å²) in [6.07, 6.45) is 8.44. The van der Waals surface area contributed by atoms with Crippen molar-refractivity contribution in [3.8, 4) is 12.3 Å². The Bertz CT molecular complexity index is 159. The SMILES string of the molecule is C#CCC(CC)NCCC(C)(C)C. The third-order valence-corrected chi connectivity index (χ3v) is 2.17. The van der Waals surface area contributed by atoms with Gasteiger partial charge in [0.05, 0.1) is 0 Å². The largest absolute Gasteiger partial charge is 0.313 e. The van der Waals surface area contributed by atoms with Crippen LogP contribution in [0.1, 0.15) is 47.0 Å². The maximum absolute atomic E-state index is 5.27. The van der Waals surface area contributed by atoms with E-state index in [9.17, 15) is 0 Å². The summed E-state index contributed by atoms with van der Waals surface area (Å²) in [6, 6.07) is 0.507. The highest BCUT2D eigenvalue weighted by Crippen LogP contribution is 2.17. The fourth-order valence-corrected chi connectivity index (χ4v) is 1.15. The molecule has 0 spiro atoms. The van der Waals surface area contributed by atoms with E-state index in [2.05, 4.69) is 38.9 Å². The molecule has 0 aromatic heterocycles. The molecule has 1 heteroatoms. The van der Waals surface area contributed by atoms with E-state index in [0.29, 0.717) is 11.5 Å². The first-order valence-corrected chi connectivity index (χ1v) is 5.16. The van der Waals surface area contributed by atoms with E-state index in [1.165, 1.54) is 6.42 Å². The summed E-state index contributed by atoms with van der Waals surface area (Å²) in [5.41, 5.74) is 0.418. The molecule has 0 radical (unpaired) electrons. The predicted molar refractivity (Wildman–Crippen MR) is 59.6 cm³/mol. The number of hydrogen-bond donors (Lipinski definition) is 1. The minimum Gasteiger partial charge on any atom is -0.313 e. The average Bonchev–Trinajstić information content (AvgIpc) is 2.01. The van der Waals surface area contributed by atoms with Crippen LogP contribution in [-0.2, 0) is 0 Å². The minimum absolute atomic E-state index is 0.418. The summed E-state index contributed by atoms with van der Waals surface area (Å²) in [5, 5.41) is 3.48. The van der Waals surface area contributed by atoms with E-state index in [1.54, 1.807) is 0 Å². The van der Waals surface area contributed by atoms with Crippen molar-refractivity contribution in [2.75, 3.05) is 6.54 Å². The molecule has 1 atom stereocenters. The molecule has 1 unspecified atom stereocenters. The van der Waals surface area contributed by atoms with Crippen LogP contribution < -0.4 is 5.32 Å².